The van der Waals surface area contributed by atoms with Gasteiger partial charge in [-0.2, -0.15) is 0 Å². The van der Waals surface area contributed by atoms with E-state index in [1.54, 1.807) is 22.9 Å². The Hall–Kier alpha value is -4.43. The molecule has 1 N–H and O–H groups in total. The highest BCUT2D eigenvalue weighted by Crippen LogP contribution is 2.36. The van der Waals surface area contributed by atoms with Gasteiger partial charge in [-0.1, -0.05) is 5.21 Å². The van der Waals surface area contributed by atoms with E-state index in [0.717, 1.165) is 22.2 Å². The zero-order valence-electron chi connectivity index (χ0n) is 22.8. The lowest BCUT2D eigenvalue weighted by Crippen LogP contribution is -2.40. The summed E-state index contributed by atoms with van der Waals surface area (Å²) in [6.45, 7) is 2.15. The summed E-state index contributed by atoms with van der Waals surface area (Å²) in [6.07, 6.45) is 4.81. The van der Waals surface area contributed by atoms with Crippen molar-refractivity contribution in [2.45, 2.75) is 36.1 Å². The molecule has 2 fully saturated rings. The second-order valence-electron chi connectivity index (χ2n) is 10.4. The van der Waals surface area contributed by atoms with Gasteiger partial charge in [0.2, 0.25) is 11.8 Å². The Bertz CT molecular complexity index is 1640. The third kappa shape index (κ3) is 5.30. The maximum atomic E-state index is 12.9. The summed E-state index contributed by atoms with van der Waals surface area (Å²) in [5, 5.41) is 11.8. The van der Waals surface area contributed by atoms with Crippen LogP contribution in [0.25, 0.3) is 10.9 Å². The molecule has 4 aromatic rings. The van der Waals surface area contributed by atoms with E-state index in [2.05, 4.69) is 30.5 Å². The highest BCUT2D eigenvalue weighted by atomic mass is 32.2. The number of methoxy groups -OCH3 is 1. The Morgan fingerprint density at radius 3 is 2.90 bits per heavy atom. The van der Waals surface area contributed by atoms with Crippen molar-refractivity contribution in [3.63, 3.8) is 0 Å². The van der Waals surface area contributed by atoms with E-state index in [0.29, 0.717) is 54.9 Å². The van der Waals surface area contributed by atoms with Gasteiger partial charge in [0.05, 0.1) is 48.7 Å². The summed E-state index contributed by atoms with van der Waals surface area (Å²) < 4.78 is 19.5. The van der Waals surface area contributed by atoms with Crippen molar-refractivity contribution in [3.8, 4) is 11.6 Å². The second-order valence-corrected chi connectivity index (χ2v) is 11.4. The van der Waals surface area contributed by atoms with E-state index < -0.39 is 6.09 Å². The van der Waals surface area contributed by atoms with Crippen molar-refractivity contribution in [2.75, 3.05) is 42.7 Å². The first-order valence-corrected chi connectivity index (χ1v) is 14.6. The van der Waals surface area contributed by atoms with Gasteiger partial charge in [-0.05, 0) is 36.4 Å². The number of anilines is 2. The summed E-state index contributed by atoms with van der Waals surface area (Å²) in [5.41, 5.74) is 2.18. The zero-order chi connectivity index (χ0) is 28.6. The Kier molecular flexibility index (Phi) is 6.99. The van der Waals surface area contributed by atoms with Crippen molar-refractivity contribution in [2.24, 2.45) is 0 Å². The SMILES string of the molecule is COc1ccc2ncnc(O[C@H]3C[C@@H](Cn4ccnn4)N(CC4CN(c5ccc6c(c5)NC(=O)CS6)C(=O)O4)C3)c2c1. The number of amides is 2. The normalized spacial score (nSPS) is 22.2. The van der Waals surface area contributed by atoms with Crippen LogP contribution in [0.3, 0.4) is 0 Å². The number of fused-ring (bicyclic) bond motifs is 2. The molecule has 0 saturated carbocycles. The van der Waals surface area contributed by atoms with E-state index in [4.69, 9.17) is 14.2 Å². The largest absolute Gasteiger partial charge is 0.497 e. The first kappa shape index (κ1) is 26.5. The molecule has 0 spiro atoms. The van der Waals surface area contributed by atoms with Crippen LogP contribution >= 0.6 is 11.8 Å². The van der Waals surface area contributed by atoms with Crippen LogP contribution in [0.15, 0.2) is 60.0 Å². The fourth-order valence-corrected chi connectivity index (χ4v) is 6.49. The fourth-order valence-electron chi connectivity index (χ4n) is 5.70. The number of carbonyl (C=O) groups excluding carboxylic acids is 2. The van der Waals surface area contributed by atoms with Gasteiger partial charge in [0.1, 0.15) is 24.3 Å². The van der Waals surface area contributed by atoms with Gasteiger partial charge in [-0.3, -0.25) is 19.3 Å². The molecular formula is C28H28N8O5S. The molecule has 5 heterocycles. The van der Waals surface area contributed by atoms with Crippen LogP contribution < -0.4 is 19.7 Å². The van der Waals surface area contributed by atoms with Crippen LogP contribution in [0.4, 0.5) is 16.2 Å². The third-order valence-electron chi connectivity index (χ3n) is 7.66. The van der Waals surface area contributed by atoms with Crippen LogP contribution in [-0.2, 0) is 16.1 Å². The standard InChI is InChI=1S/C28H28N8O5S/c1-39-19-3-4-23-22(10-19)27(30-16-29-23)40-20-8-18(11-35-7-6-31-33-35)34(12-20)13-21-14-36(28(38)41-21)17-2-5-25-24(9-17)32-26(37)15-42-25/h2-7,9-10,16,18,20-21H,8,11-15H2,1H3,(H,32,37)/t18-,20-,21?/m0/s1. The number of thioether (sulfide) groups is 1. The van der Waals surface area contributed by atoms with E-state index in [-0.39, 0.29) is 24.2 Å². The Labute approximate surface area is 245 Å². The number of ether oxygens (including phenoxy) is 3. The Balaban J connectivity index is 1.07. The number of hydrogen-bond donors (Lipinski definition) is 1. The summed E-state index contributed by atoms with van der Waals surface area (Å²) in [6, 6.07) is 11.3. The number of nitrogens with zero attached hydrogens (tertiary/aromatic N) is 7. The van der Waals surface area contributed by atoms with E-state index in [9.17, 15) is 9.59 Å². The monoisotopic (exact) mass is 588 g/mol. The van der Waals surface area contributed by atoms with Crippen molar-refractivity contribution in [1.29, 1.82) is 0 Å². The Morgan fingerprint density at radius 2 is 2.05 bits per heavy atom. The molecule has 3 aliphatic rings. The van der Waals surface area contributed by atoms with Gasteiger partial charge in [0, 0.05) is 42.3 Å². The van der Waals surface area contributed by atoms with Gasteiger partial charge >= 0.3 is 6.09 Å². The zero-order valence-corrected chi connectivity index (χ0v) is 23.6. The van der Waals surface area contributed by atoms with E-state index in [1.165, 1.54) is 18.1 Å². The molecule has 3 aliphatic heterocycles. The number of cyclic esters (lactones) is 1. The van der Waals surface area contributed by atoms with Gasteiger partial charge in [0.25, 0.3) is 0 Å². The lowest BCUT2D eigenvalue weighted by molar-refractivity contribution is -0.113. The van der Waals surface area contributed by atoms with Crippen LogP contribution in [-0.4, -0.2) is 92.6 Å². The number of hydrogen-bond acceptors (Lipinski definition) is 11. The van der Waals surface area contributed by atoms with Crippen LogP contribution in [0.5, 0.6) is 11.6 Å². The summed E-state index contributed by atoms with van der Waals surface area (Å²) in [7, 11) is 1.62. The van der Waals surface area contributed by atoms with Crippen LogP contribution in [0.2, 0.25) is 0 Å². The molecule has 2 amide bonds. The topological polar surface area (TPSA) is 137 Å². The van der Waals surface area contributed by atoms with Gasteiger partial charge in [-0.15, -0.1) is 16.9 Å². The maximum Gasteiger partial charge on any atom is 0.414 e. The molecule has 0 aliphatic carbocycles. The molecule has 13 nitrogen and oxygen atoms in total. The van der Waals surface area contributed by atoms with Crippen LogP contribution in [0, 0.1) is 0 Å². The summed E-state index contributed by atoms with van der Waals surface area (Å²) in [4.78, 5) is 38.5. The third-order valence-corrected chi connectivity index (χ3v) is 8.74. The molecule has 216 valence electrons. The number of carbonyl (C=O) groups is 2. The molecule has 0 radical (unpaired) electrons. The molecule has 14 heteroatoms. The molecule has 2 aromatic carbocycles. The lowest BCUT2D eigenvalue weighted by Gasteiger charge is -2.25. The summed E-state index contributed by atoms with van der Waals surface area (Å²) >= 11 is 1.48. The summed E-state index contributed by atoms with van der Waals surface area (Å²) in [5.74, 6) is 1.54. The molecular weight excluding hydrogens is 560 g/mol. The molecule has 2 aromatic heterocycles. The maximum absolute atomic E-state index is 12.9. The number of nitrogens with one attached hydrogen (secondary N) is 1. The van der Waals surface area contributed by atoms with Gasteiger partial charge in [0.15, 0.2) is 0 Å². The van der Waals surface area contributed by atoms with Gasteiger partial charge < -0.3 is 19.5 Å². The highest BCUT2D eigenvalue weighted by Gasteiger charge is 2.40. The van der Waals surface area contributed by atoms with Crippen molar-refractivity contribution >= 4 is 46.0 Å². The minimum atomic E-state index is -0.407. The smallest absolute Gasteiger partial charge is 0.414 e. The number of rotatable bonds is 8. The number of likely N-dealkylation sites (tertiary alicyclic amines) is 1. The minimum Gasteiger partial charge on any atom is -0.497 e. The second kappa shape index (κ2) is 11.1. The molecule has 7 rings (SSSR count). The number of aromatic nitrogens is 5. The molecule has 3 atom stereocenters. The van der Waals surface area contributed by atoms with Crippen molar-refractivity contribution in [1.82, 2.24) is 29.9 Å². The predicted octanol–water partition coefficient (Wildman–Crippen LogP) is 2.82. The molecule has 1 unspecified atom stereocenters. The first-order chi connectivity index (χ1) is 20.5. The van der Waals surface area contributed by atoms with E-state index >= 15 is 0 Å². The Morgan fingerprint density at radius 1 is 1.12 bits per heavy atom. The average molecular weight is 589 g/mol. The van der Waals surface area contributed by atoms with Crippen molar-refractivity contribution < 1.29 is 23.8 Å². The lowest BCUT2D eigenvalue weighted by atomic mass is 10.2. The number of benzene rings is 2. The van der Waals surface area contributed by atoms with Crippen molar-refractivity contribution in [3.05, 3.63) is 55.1 Å². The molecule has 0 bridgehead atoms. The minimum absolute atomic E-state index is 0.0511. The van der Waals surface area contributed by atoms with Gasteiger partial charge in [-0.25, -0.2) is 14.8 Å². The average Bonchev–Trinajstić information content (AvgIpc) is 3.74. The predicted molar refractivity (Wildman–Crippen MR) is 154 cm³/mol. The molecule has 2 saturated heterocycles. The highest BCUT2D eigenvalue weighted by molar-refractivity contribution is 8.00. The van der Waals surface area contributed by atoms with E-state index in [1.807, 2.05) is 42.6 Å². The van der Waals surface area contributed by atoms with Crippen LogP contribution in [0.1, 0.15) is 6.42 Å². The fraction of sp³-hybridized carbons (Fsp3) is 0.357. The molecule has 42 heavy (non-hydrogen) atoms. The first-order valence-electron chi connectivity index (χ1n) is 13.6. The quantitative estimate of drug-likeness (QED) is 0.325.